The summed E-state index contributed by atoms with van der Waals surface area (Å²) in [6, 6.07) is 3.69. The topological polar surface area (TPSA) is 64.1 Å². The highest BCUT2D eigenvalue weighted by atomic mass is 16.5. The van der Waals surface area contributed by atoms with Gasteiger partial charge in [-0.2, -0.15) is 0 Å². The molecule has 1 aromatic carbocycles. The zero-order valence-corrected chi connectivity index (χ0v) is 14.9. The second kappa shape index (κ2) is 10.6. The van der Waals surface area contributed by atoms with Gasteiger partial charge in [0.25, 0.3) is 0 Å². The smallest absolute Gasteiger partial charge is 0.191 e. The van der Waals surface area contributed by atoms with E-state index < -0.39 is 0 Å². The predicted molar refractivity (Wildman–Crippen MR) is 93.8 cm³/mol. The summed E-state index contributed by atoms with van der Waals surface area (Å²) >= 11 is 0. The van der Waals surface area contributed by atoms with E-state index in [2.05, 4.69) is 22.5 Å². The Hall–Kier alpha value is -2.11. The van der Waals surface area contributed by atoms with Crippen LogP contribution in [0, 0.1) is 0 Å². The third kappa shape index (κ3) is 5.88. The predicted octanol–water partition coefficient (Wildman–Crippen LogP) is 2.57. The Labute approximate surface area is 139 Å². The Bertz CT molecular complexity index is 479. The van der Waals surface area contributed by atoms with Gasteiger partial charge in [-0.25, -0.2) is 0 Å². The number of hydrogen-bond donors (Lipinski definition) is 2. The van der Waals surface area contributed by atoms with Crippen LogP contribution in [0.15, 0.2) is 17.1 Å². The van der Waals surface area contributed by atoms with Crippen molar-refractivity contribution < 1.29 is 14.2 Å². The molecule has 0 aliphatic carbocycles. The van der Waals surface area contributed by atoms with Crippen LogP contribution in [-0.2, 0) is 6.54 Å². The van der Waals surface area contributed by atoms with Gasteiger partial charge in [0.1, 0.15) is 17.2 Å². The molecule has 1 aromatic rings. The maximum Gasteiger partial charge on any atom is 0.191 e. The number of benzene rings is 1. The number of aliphatic imine (C=N–C) groups is 1. The fourth-order valence-electron chi connectivity index (χ4n) is 2.23. The lowest BCUT2D eigenvalue weighted by Gasteiger charge is -2.17. The van der Waals surface area contributed by atoms with Gasteiger partial charge in [0.2, 0.25) is 0 Å². The number of nitrogens with one attached hydrogen (secondary N) is 2. The first-order chi connectivity index (χ1) is 11.2. The van der Waals surface area contributed by atoms with Gasteiger partial charge >= 0.3 is 0 Å². The molecule has 0 radical (unpaired) electrons. The van der Waals surface area contributed by atoms with E-state index in [1.54, 1.807) is 28.4 Å². The molecule has 1 rings (SSSR count). The highest BCUT2D eigenvalue weighted by molar-refractivity contribution is 5.79. The average Bonchev–Trinajstić information content (AvgIpc) is 2.60. The summed E-state index contributed by atoms with van der Waals surface area (Å²) in [5.41, 5.74) is 0.923. The third-order valence-corrected chi connectivity index (χ3v) is 3.55. The summed E-state index contributed by atoms with van der Waals surface area (Å²) in [5.74, 6) is 2.90. The molecule has 0 unspecified atom stereocenters. The molecule has 0 heterocycles. The van der Waals surface area contributed by atoms with Gasteiger partial charge in [0.15, 0.2) is 5.96 Å². The van der Waals surface area contributed by atoms with Crippen molar-refractivity contribution in [3.63, 3.8) is 0 Å². The van der Waals surface area contributed by atoms with E-state index in [1.165, 1.54) is 12.8 Å². The molecule has 0 aromatic heterocycles. The molecule has 130 valence electrons. The Morgan fingerprint density at radius 2 is 1.65 bits per heavy atom. The van der Waals surface area contributed by atoms with Gasteiger partial charge in [0, 0.05) is 25.7 Å². The minimum atomic E-state index is 0.545. The Balaban J connectivity index is 2.75. The van der Waals surface area contributed by atoms with Crippen LogP contribution in [0.5, 0.6) is 17.2 Å². The number of rotatable bonds is 9. The molecular formula is C17H29N3O3. The quantitative estimate of drug-likeness (QED) is 0.415. The van der Waals surface area contributed by atoms with Crippen molar-refractivity contribution >= 4 is 5.96 Å². The summed E-state index contributed by atoms with van der Waals surface area (Å²) in [6.45, 7) is 3.64. The van der Waals surface area contributed by atoms with Crippen LogP contribution in [0.2, 0.25) is 0 Å². The molecule has 0 atom stereocenters. The third-order valence-electron chi connectivity index (χ3n) is 3.55. The Morgan fingerprint density at radius 3 is 2.13 bits per heavy atom. The first-order valence-electron chi connectivity index (χ1n) is 7.93. The summed E-state index contributed by atoms with van der Waals surface area (Å²) < 4.78 is 16.2. The van der Waals surface area contributed by atoms with E-state index in [0.717, 1.165) is 36.0 Å². The van der Waals surface area contributed by atoms with Crippen LogP contribution in [-0.4, -0.2) is 40.9 Å². The number of hydrogen-bond acceptors (Lipinski definition) is 4. The summed E-state index contributed by atoms with van der Waals surface area (Å²) in [4.78, 5) is 4.23. The van der Waals surface area contributed by atoms with Crippen molar-refractivity contribution in [1.82, 2.24) is 10.6 Å². The Kier molecular flexibility index (Phi) is 8.72. The molecule has 0 aliphatic heterocycles. The van der Waals surface area contributed by atoms with Crippen molar-refractivity contribution in [2.75, 3.05) is 34.9 Å². The SMILES string of the molecule is CCCCCNC(=NC)NCc1c(OC)cc(OC)cc1OC. The van der Waals surface area contributed by atoms with Crippen molar-refractivity contribution in [1.29, 1.82) is 0 Å². The van der Waals surface area contributed by atoms with Crippen molar-refractivity contribution in [3.05, 3.63) is 17.7 Å². The lowest BCUT2D eigenvalue weighted by Crippen LogP contribution is -2.37. The van der Waals surface area contributed by atoms with Crippen LogP contribution < -0.4 is 24.8 Å². The van der Waals surface area contributed by atoms with E-state index in [1.807, 2.05) is 12.1 Å². The summed E-state index contributed by atoms with van der Waals surface area (Å²) in [5, 5.41) is 6.59. The molecule has 6 nitrogen and oxygen atoms in total. The number of ether oxygens (including phenoxy) is 3. The summed E-state index contributed by atoms with van der Waals surface area (Å²) in [7, 11) is 6.65. The first-order valence-corrected chi connectivity index (χ1v) is 7.93. The number of nitrogens with zero attached hydrogens (tertiary/aromatic N) is 1. The van der Waals surface area contributed by atoms with Gasteiger partial charge in [0.05, 0.1) is 33.4 Å². The maximum atomic E-state index is 5.45. The molecule has 0 aliphatic rings. The van der Waals surface area contributed by atoms with Crippen LogP contribution in [0.4, 0.5) is 0 Å². The maximum absolute atomic E-state index is 5.45. The molecule has 2 N–H and O–H groups in total. The zero-order valence-electron chi connectivity index (χ0n) is 14.9. The minimum Gasteiger partial charge on any atom is -0.496 e. The van der Waals surface area contributed by atoms with Crippen LogP contribution >= 0.6 is 0 Å². The van der Waals surface area contributed by atoms with Crippen molar-refractivity contribution in [2.24, 2.45) is 4.99 Å². The molecule has 0 saturated heterocycles. The Morgan fingerprint density at radius 1 is 1.00 bits per heavy atom. The van der Waals surface area contributed by atoms with Crippen molar-refractivity contribution in [2.45, 2.75) is 32.7 Å². The fourth-order valence-corrected chi connectivity index (χ4v) is 2.23. The summed E-state index contributed by atoms with van der Waals surface area (Å²) in [6.07, 6.45) is 3.55. The second-order valence-corrected chi connectivity index (χ2v) is 5.07. The average molecular weight is 323 g/mol. The van der Waals surface area contributed by atoms with Crippen LogP contribution in [0.3, 0.4) is 0 Å². The zero-order chi connectivity index (χ0) is 17.1. The van der Waals surface area contributed by atoms with Gasteiger partial charge < -0.3 is 24.8 Å². The molecule has 0 fully saturated rings. The van der Waals surface area contributed by atoms with E-state index in [0.29, 0.717) is 12.3 Å². The lowest BCUT2D eigenvalue weighted by molar-refractivity contribution is 0.368. The highest BCUT2D eigenvalue weighted by Gasteiger charge is 2.13. The van der Waals surface area contributed by atoms with E-state index in [9.17, 15) is 0 Å². The van der Waals surface area contributed by atoms with Crippen molar-refractivity contribution in [3.8, 4) is 17.2 Å². The van der Waals surface area contributed by atoms with Gasteiger partial charge in [-0.1, -0.05) is 19.8 Å². The first kappa shape index (κ1) is 18.9. The van der Waals surface area contributed by atoms with Gasteiger partial charge in [-0.3, -0.25) is 4.99 Å². The lowest BCUT2D eigenvalue weighted by atomic mass is 10.1. The number of guanidine groups is 1. The standard InChI is InChI=1S/C17H29N3O3/c1-6-7-8-9-19-17(18-2)20-12-14-15(22-4)10-13(21-3)11-16(14)23-5/h10-11H,6-9,12H2,1-5H3,(H2,18,19,20). The highest BCUT2D eigenvalue weighted by Crippen LogP contribution is 2.33. The molecular weight excluding hydrogens is 294 g/mol. The fraction of sp³-hybridized carbons (Fsp3) is 0.588. The van der Waals surface area contributed by atoms with Gasteiger partial charge in [-0.15, -0.1) is 0 Å². The van der Waals surface area contributed by atoms with Crippen LogP contribution in [0.25, 0.3) is 0 Å². The number of unbranched alkanes of at least 4 members (excludes halogenated alkanes) is 2. The molecule has 0 saturated carbocycles. The molecule has 23 heavy (non-hydrogen) atoms. The molecule has 0 bridgehead atoms. The minimum absolute atomic E-state index is 0.545. The normalized spacial score (nSPS) is 11.1. The number of methoxy groups -OCH3 is 3. The largest absolute Gasteiger partial charge is 0.496 e. The van der Waals surface area contributed by atoms with Crippen LogP contribution in [0.1, 0.15) is 31.7 Å². The van der Waals surface area contributed by atoms with E-state index in [-0.39, 0.29) is 0 Å². The van der Waals surface area contributed by atoms with E-state index >= 15 is 0 Å². The molecule has 6 heteroatoms. The second-order valence-electron chi connectivity index (χ2n) is 5.07. The monoisotopic (exact) mass is 323 g/mol. The molecule has 0 amide bonds. The van der Waals surface area contributed by atoms with E-state index in [4.69, 9.17) is 14.2 Å². The van der Waals surface area contributed by atoms with Gasteiger partial charge in [-0.05, 0) is 6.42 Å². The molecule has 0 spiro atoms.